The van der Waals surface area contributed by atoms with Crippen LogP contribution in [0.4, 0.5) is 5.82 Å². The number of pyridine rings is 1. The highest BCUT2D eigenvalue weighted by molar-refractivity contribution is 9.10. The van der Waals surface area contributed by atoms with E-state index < -0.39 is 10.0 Å². The van der Waals surface area contributed by atoms with Gasteiger partial charge in [0.15, 0.2) is 0 Å². The zero-order valence-electron chi connectivity index (χ0n) is 11.3. The van der Waals surface area contributed by atoms with E-state index in [0.29, 0.717) is 29.3 Å². The number of halogens is 1. The maximum absolute atomic E-state index is 12.9. The Morgan fingerprint density at radius 2 is 2.30 bits per heavy atom. The number of hydrogen-bond acceptors (Lipinski definition) is 4. The van der Waals surface area contributed by atoms with Gasteiger partial charge in [0.25, 0.3) is 0 Å². The number of nitrogens with zero attached hydrogens (tertiary/aromatic N) is 2. The van der Waals surface area contributed by atoms with E-state index in [-0.39, 0.29) is 10.9 Å². The molecule has 2 atom stereocenters. The van der Waals surface area contributed by atoms with E-state index in [1.54, 1.807) is 16.6 Å². The Morgan fingerprint density at radius 1 is 1.50 bits per heavy atom. The highest BCUT2D eigenvalue weighted by Gasteiger charge is 2.45. The molecule has 0 spiro atoms. The normalized spacial score (nSPS) is 26.1. The summed E-state index contributed by atoms with van der Waals surface area (Å²) < 4.78 is 28.1. The molecular weight excluding hydrogens is 342 g/mol. The molecule has 2 fully saturated rings. The van der Waals surface area contributed by atoms with Crippen molar-refractivity contribution in [2.75, 3.05) is 18.4 Å². The maximum Gasteiger partial charge on any atom is 0.247 e. The molecule has 2 unspecified atom stereocenters. The summed E-state index contributed by atoms with van der Waals surface area (Å²) in [5.74, 6) is 0.982. The third kappa shape index (κ3) is 2.35. The van der Waals surface area contributed by atoms with E-state index in [0.717, 1.165) is 19.3 Å². The van der Waals surface area contributed by atoms with E-state index in [1.165, 1.54) is 0 Å². The second kappa shape index (κ2) is 5.27. The summed E-state index contributed by atoms with van der Waals surface area (Å²) in [6.45, 7) is 3.23. The number of hydrogen-bond donors (Lipinski definition) is 1. The van der Waals surface area contributed by atoms with Crippen molar-refractivity contribution in [3.8, 4) is 0 Å². The van der Waals surface area contributed by atoms with Gasteiger partial charge in [0.1, 0.15) is 10.7 Å². The largest absolute Gasteiger partial charge is 0.369 e. The van der Waals surface area contributed by atoms with Gasteiger partial charge in [-0.15, -0.1) is 0 Å². The molecule has 0 amide bonds. The smallest absolute Gasteiger partial charge is 0.247 e. The first-order chi connectivity index (χ1) is 9.52. The van der Waals surface area contributed by atoms with Crippen molar-refractivity contribution in [3.05, 3.63) is 16.7 Å². The van der Waals surface area contributed by atoms with Crippen LogP contribution in [0.25, 0.3) is 0 Å². The molecule has 3 rings (SSSR count). The molecule has 1 aromatic rings. The van der Waals surface area contributed by atoms with Crippen molar-refractivity contribution in [2.45, 2.75) is 37.1 Å². The molecule has 7 heteroatoms. The average molecular weight is 360 g/mol. The van der Waals surface area contributed by atoms with Crippen LogP contribution in [0.5, 0.6) is 0 Å². The van der Waals surface area contributed by atoms with Crippen LogP contribution >= 0.6 is 15.9 Å². The van der Waals surface area contributed by atoms with Crippen LogP contribution < -0.4 is 5.32 Å². The fourth-order valence-corrected chi connectivity index (χ4v) is 5.59. The van der Waals surface area contributed by atoms with Crippen molar-refractivity contribution in [2.24, 2.45) is 5.92 Å². The number of fused-ring (bicyclic) bond motifs is 2. The predicted octanol–water partition coefficient (Wildman–Crippen LogP) is 2.45. The Balaban J connectivity index is 2.00. The minimum atomic E-state index is -3.47. The molecule has 1 saturated carbocycles. The van der Waals surface area contributed by atoms with Gasteiger partial charge in [-0.2, -0.15) is 4.31 Å². The molecule has 1 aromatic heterocycles. The van der Waals surface area contributed by atoms with E-state index in [4.69, 9.17) is 0 Å². The summed E-state index contributed by atoms with van der Waals surface area (Å²) in [4.78, 5) is 4.48. The molecule has 110 valence electrons. The van der Waals surface area contributed by atoms with Crippen molar-refractivity contribution >= 4 is 31.8 Å². The molecule has 2 heterocycles. The topological polar surface area (TPSA) is 62.3 Å². The van der Waals surface area contributed by atoms with E-state index in [2.05, 4.69) is 26.2 Å². The van der Waals surface area contributed by atoms with Gasteiger partial charge in [-0.1, -0.05) is 0 Å². The molecule has 1 aliphatic carbocycles. The fraction of sp³-hybridized carbons (Fsp3) is 0.615. The van der Waals surface area contributed by atoms with Crippen LogP contribution in [0.1, 0.15) is 26.2 Å². The van der Waals surface area contributed by atoms with Gasteiger partial charge < -0.3 is 5.32 Å². The Bertz CT molecular complexity index is 620. The first-order valence-corrected chi connectivity index (χ1v) is 9.17. The van der Waals surface area contributed by atoms with E-state index in [1.807, 2.05) is 6.92 Å². The molecule has 1 aliphatic heterocycles. The maximum atomic E-state index is 12.9. The van der Waals surface area contributed by atoms with Gasteiger partial charge >= 0.3 is 0 Å². The Labute approximate surface area is 127 Å². The molecule has 5 nitrogen and oxygen atoms in total. The molecular formula is C13H18BrN3O2S. The number of rotatable bonds is 4. The number of sulfonamides is 1. The predicted molar refractivity (Wildman–Crippen MR) is 81.1 cm³/mol. The third-order valence-electron chi connectivity index (χ3n) is 4.11. The van der Waals surface area contributed by atoms with Gasteiger partial charge in [0.2, 0.25) is 10.0 Å². The molecule has 2 bridgehead atoms. The number of piperidine rings is 1. The Kier molecular flexibility index (Phi) is 3.77. The van der Waals surface area contributed by atoms with Crippen molar-refractivity contribution in [1.29, 1.82) is 0 Å². The van der Waals surface area contributed by atoms with E-state index >= 15 is 0 Å². The van der Waals surface area contributed by atoms with Crippen LogP contribution in [0.15, 0.2) is 21.6 Å². The first kappa shape index (κ1) is 14.3. The average Bonchev–Trinajstić information content (AvgIpc) is 3.03. The number of anilines is 1. The molecule has 1 saturated heterocycles. The lowest BCUT2D eigenvalue weighted by atomic mass is 10.1. The summed E-state index contributed by atoms with van der Waals surface area (Å²) in [6, 6.07) is 1.82. The van der Waals surface area contributed by atoms with E-state index in [9.17, 15) is 8.42 Å². The van der Waals surface area contributed by atoms with Crippen molar-refractivity contribution in [1.82, 2.24) is 9.29 Å². The van der Waals surface area contributed by atoms with Crippen molar-refractivity contribution < 1.29 is 8.42 Å². The number of aromatic nitrogens is 1. The Hall–Kier alpha value is -0.660. The summed E-state index contributed by atoms with van der Waals surface area (Å²) in [7, 11) is -3.47. The van der Waals surface area contributed by atoms with Crippen LogP contribution in [-0.2, 0) is 10.0 Å². The summed E-state index contributed by atoms with van der Waals surface area (Å²) in [5, 5.41) is 3.04. The van der Waals surface area contributed by atoms with Gasteiger partial charge in [-0.05, 0) is 54.1 Å². The van der Waals surface area contributed by atoms with Gasteiger partial charge in [-0.3, -0.25) is 0 Å². The molecule has 20 heavy (non-hydrogen) atoms. The summed E-state index contributed by atoms with van der Waals surface area (Å²) in [6.07, 6.45) is 4.78. The highest BCUT2D eigenvalue weighted by atomic mass is 79.9. The van der Waals surface area contributed by atoms with Crippen LogP contribution in [0.3, 0.4) is 0 Å². The molecule has 2 aliphatic rings. The molecule has 0 aromatic carbocycles. The second-order valence-electron chi connectivity index (χ2n) is 5.44. The Morgan fingerprint density at radius 3 is 2.90 bits per heavy atom. The van der Waals surface area contributed by atoms with Gasteiger partial charge in [0.05, 0.1) is 0 Å². The fourth-order valence-electron chi connectivity index (χ4n) is 3.22. The quantitative estimate of drug-likeness (QED) is 0.896. The van der Waals surface area contributed by atoms with Crippen LogP contribution in [-0.4, -0.2) is 36.8 Å². The molecule has 1 N–H and O–H groups in total. The van der Waals surface area contributed by atoms with Gasteiger partial charge in [0, 0.05) is 29.8 Å². The lowest BCUT2D eigenvalue weighted by molar-refractivity contribution is 0.333. The zero-order chi connectivity index (χ0) is 14.3. The third-order valence-corrected chi connectivity index (χ3v) is 6.47. The second-order valence-corrected chi connectivity index (χ2v) is 8.21. The highest BCUT2D eigenvalue weighted by Crippen LogP contribution is 2.41. The summed E-state index contributed by atoms with van der Waals surface area (Å²) in [5.41, 5.74) is 0. The number of nitrogens with one attached hydrogen (secondary N) is 1. The minimum absolute atomic E-state index is 0.179. The van der Waals surface area contributed by atoms with Crippen LogP contribution in [0.2, 0.25) is 0 Å². The standard InChI is InChI=1S/C13H18BrN3O2S/c1-2-15-13-12(6-10(14)7-16-13)20(18,19)17-8-9-3-4-11(17)5-9/h6-7,9,11H,2-5,8H2,1H3,(H,15,16). The lowest BCUT2D eigenvalue weighted by Gasteiger charge is -2.26. The minimum Gasteiger partial charge on any atom is -0.369 e. The van der Waals surface area contributed by atoms with Crippen molar-refractivity contribution in [3.63, 3.8) is 0 Å². The van der Waals surface area contributed by atoms with Gasteiger partial charge in [-0.25, -0.2) is 13.4 Å². The zero-order valence-corrected chi connectivity index (χ0v) is 13.7. The first-order valence-electron chi connectivity index (χ1n) is 6.93. The molecule has 0 radical (unpaired) electrons. The van der Waals surface area contributed by atoms with Crippen LogP contribution in [0, 0.1) is 5.92 Å². The lowest BCUT2D eigenvalue weighted by Crippen LogP contribution is -2.38. The monoisotopic (exact) mass is 359 g/mol. The SMILES string of the molecule is CCNc1ncc(Br)cc1S(=O)(=O)N1CC2CCC1C2. The summed E-state index contributed by atoms with van der Waals surface area (Å²) >= 11 is 3.32.